The van der Waals surface area contributed by atoms with Gasteiger partial charge >= 0.3 is 6.09 Å². The predicted molar refractivity (Wildman–Crippen MR) is 196 cm³/mol. The number of fused-ring (bicyclic) bond motifs is 1. The standard InChI is InChI=1S/C40H47FN6O6/c1-26-20-29(10-13-42-26)39-32-22-28(7-9-35(32)43-44-39)36(48)21-27-6-8-30(47(24-27)25-33-34(41)4-3-5-37(33)51-2)23-38(49)45-14-16-46(17-15-45)40(50)53-31-11-18-52-19-12-31/h3-5,7,9-10,13,20,22,27,30-31H,6,8,11-12,14-19,21,23-25H2,1-2H3,(H,43,44). The number of benzene rings is 2. The lowest BCUT2D eigenvalue weighted by atomic mass is 9.86. The number of aryl methyl sites for hydroxylation is 1. The molecule has 12 nitrogen and oxygen atoms in total. The molecule has 2 unspecified atom stereocenters. The van der Waals surface area contributed by atoms with Gasteiger partial charge in [0.05, 0.1) is 25.8 Å². The summed E-state index contributed by atoms with van der Waals surface area (Å²) in [5, 5.41) is 8.47. The Hall–Kier alpha value is -4.88. The van der Waals surface area contributed by atoms with Crippen molar-refractivity contribution in [2.45, 2.75) is 64.1 Å². The van der Waals surface area contributed by atoms with Gasteiger partial charge < -0.3 is 24.0 Å². The third-order valence-corrected chi connectivity index (χ3v) is 10.8. The number of methoxy groups -OCH3 is 1. The van der Waals surface area contributed by atoms with Crippen molar-refractivity contribution in [3.63, 3.8) is 0 Å². The van der Waals surface area contributed by atoms with Crippen LogP contribution in [0.4, 0.5) is 9.18 Å². The number of piperidine rings is 1. The van der Waals surface area contributed by atoms with Crippen LogP contribution in [-0.4, -0.2) is 113 Å². The molecule has 4 aromatic rings. The van der Waals surface area contributed by atoms with Crippen molar-refractivity contribution < 1.29 is 33.0 Å². The summed E-state index contributed by atoms with van der Waals surface area (Å²) in [4.78, 5) is 50.2. The molecule has 0 bridgehead atoms. The number of piperazine rings is 1. The summed E-state index contributed by atoms with van der Waals surface area (Å²) in [6, 6.07) is 14.1. The highest BCUT2D eigenvalue weighted by Crippen LogP contribution is 2.33. The molecule has 7 rings (SSSR count). The smallest absolute Gasteiger partial charge is 0.410 e. The van der Waals surface area contributed by atoms with Crippen molar-refractivity contribution in [1.82, 2.24) is 29.9 Å². The van der Waals surface area contributed by atoms with Crippen molar-refractivity contribution in [1.29, 1.82) is 0 Å². The number of hydrogen-bond acceptors (Lipinski definition) is 9. The normalized spacial score (nSPS) is 20.1. The van der Waals surface area contributed by atoms with Gasteiger partial charge in [0.2, 0.25) is 5.91 Å². The lowest BCUT2D eigenvalue weighted by Crippen LogP contribution is -2.53. The lowest BCUT2D eigenvalue weighted by molar-refractivity contribution is -0.134. The highest BCUT2D eigenvalue weighted by molar-refractivity contribution is 6.02. The van der Waals surface area contributed by atoms with Crippen LogP contribution in [0, 0.1) is 18.7 Å². The Kier molecular flexibility index (Phi) is 11.3. The summed E-state index contributed by atoms with van der Waals surface area (Å²) < 4.78 is 31.8. The van der Waals surface area contributed by atoms with Gasteiger partial charge in [-0.3, -0.25) is 24.6 Å². The molecule has 0 spiro atoms. The quantitative estimate of drug-likeness (QED) is 0.202. The van der Waals surface area contributed by atoms with Gasteiger partial charge in [-0.25, -0.2) is 9.18 Å². The number of H-pyrrole nitrogens is 1. The van der Waals surface area contributed by atoms with Crippen LogP contribution < -0.4 is 4.74 Å². The number of rotatable bonds is 10. The van der Waals surface area contributed by atoms with E-state index in [9.17, 15) is 14.4 Å². The molecule has 13 heteroatoms. The zero-order valence-corrected chi connectivity index (χ0v) is 30.4. The first-order valence-corrected chi connectivity index (χ1v) is 18.6. The van der Waals surface area contributed by atoms with Crippen molar-refractivity contribution >= 4 is 28.7 Å². The fraction of sp³-hybridized carbons (Fsp3) is 0.475. The molecule has 280 valence electrons. The summed E-state index contributed by atoms with van der Waals surface area (Å²) in [7, 11) is 1.52. The zero-order chi connectivity index (χ0) is 36.9. The SMILES string of the molecule is COc1cccc(F)c1CN1CC(CC(=O)c2ccc3[nH]nc(-c4ccnc(C)c4)c3c2)CCC1CC(=O)N1CCN(C(=O)OC2CCOCC2)CC1. The fourth-order valence-corrected chi connectivity index (χ4v) is 7.82. The molecule has 1 N–H and O–H groups in total. The highest BCUT2D eigenvalue weighted by Gasteiger charge is 2.35. The molecular weight excluding hydrogens is 679 g/mol. The van der Waals surface area contributed by atoms with E-state index in [2.05, 4.69) is 20.1 Å². The molecule has 3 fully saturated rings. The molecule has 3 aliphatic rings. The van der Waals surface area contributed by atoms with E-state index in [4.69, 9.17) is 14.2 Å². The monoisotopic (exact) mass is 726 g/mol. The minimum absolute atomic E-state index is 0.00100. The lowest BCUT2D eigenvalue weighted by Gasteiger charge is -2.41. The number of Topliss-reactive ketones (excluding diaryl/α,β-unsaturated/α-hetero) is 1. The number of aromatic nitrogens is 3. The Morgan fingerprint density at radius 1 is 0.962 bits per heavy atom. The molecule has 53 heavy (non-hydrogen) atoms. The van der Waals surface area contributed by atoms with Crippen LogP contribution in [0.15, 0.2) is 54.7 Å². The first-order valence-electron chi connectivity index (χ1n) is 18.6. The van der Waals surface area contributed by atoms with E-state index in [-0.39, 0.29) is 54.6 Å². The van der Waals surface area contributed by atoms with E-state index >= 15 is 4.39 Å². The predicted octanol–water partition coefficient (Wildman–Crippen LogP) is 5.78. The Labute approximate surface area is 308 Å². The number of likely N-dealkylation sites (tertiary alicyclic amines) is 1. The van der Waals surface area contributed by atoms with Crippen LogP contribution >= 0.6 is 0 Å². The minimum Gasteiger partial charge on any atom is -0.496 e. The third kappa shape index (κ3) is 8.52. The molecule has 0 saturated carbocycles. The van der Waals surface area contributed by atoms with Crippen LogP contribution in [0.2, 0.25) is 0 Å². The van der Waals surface area contributed by atoms with E-state index in [0.29, 0.717) is 88.5 Å². The van der Waals surface area contributed by atoms with Gasteiger partial charge in [0.25, 0.3) is 0 Å². The van der Waals surface area contributed by atoms with Crippen LogP contribution in [0.25, 0.3) is 22.2 Å². The number of nitrogens with zero attached hydrogens (tertiary/aromatic N) is 5. The van der Waals surface area contributed by atoms with Gasteiger partial charge in [0.1, 0.15) is 23.4 Å². The molecular formula is C40H47FN6O6. The van der Waals surface area contributed by atoms with Crippen molar-refractivity contribution in [3.8, 4) is 17.0 Å². The maximum Gasteiger partial charge on any atom is 0.410 e. The second-order valence-electron chi connectivity index (χ2n) is 14.4. The highest BCUT2D eigenvalue weighted by atomic mass is 19.1. The number of pyridine rings is 1. The topological polar surface area (TPSA) is 130 Å². The van der Waals surface area contributed by atoms with Crippen LogP contribution in [0.1, 0.15) is 60.1 Å². The number of ketones is 1. The van der Waals surface area contributed by atoms with Gasteiger partial charge in [-0.2, -0.15) is 5.10 Å². The number of nitrogens with one attached hydrogen (secondary N) is 1. The van der Waals surface area contributed by atoms with E-state index < -0.39 is 0 Å². The Morgan fingerprint density at radius 3 is 2.53 bits per heavy atom. The number of aromatic amines is 1. The molecule has 0 aliphatic carbocycles. The number of hydrogen-bond donors (Lipinski definition) is 1. The summed E-state index contributed by atoms with van der Waals surface area (Å²) in [5.74, 6) is 0.122. The van der Waals surface area contributed by atoms with Gasteiger partial charge in [0, 0.05) is 105 Å². The summed E-state index contributed by atoms with van der Waals surface area (Å²) in [6.07, 6.45) is 4.71. The molecule has 2 atom stereocenters. The molecule has 2 aromatic carbocycles. The molecule has 3 aliphatic heterocycles. The number of amides is 2. The molecule has 3 saturated heterocycles. The van der Waals surface area contributed by atoms with Crippen LogP contribution in [0.5, 0.6) is 5.75 Å². The van der Waals surface area contributed by atoms with Gasteiger partial charge in [0.15, 0.2) is 5.78 Å². The minimum atomic E-state index is -0.370. The Morgan fingerprint density at radius 2 is 1.75 bits per heavy atom. The summed E-state index contributed by atoms with van der Waals surface area (Å²) in [5.41, 5.74) is 4.47. The van der Waals surface area contributed by atoms with Crippen LogP contribution in [-0.2, 0) is 20.8 Å². The number of carbonyl (C=O) groups is 3. The molecule has 2 aromatic heterocycles. The molecule has 2 amide bonds. The number of ether oxygens (including phenoxy) is 3. The molecule has 0 radical (unpaired) electrons. The Balaban J connectivity index is 1.02. The number of carbonyl (C=O) groups excluding carboxylic acids is 3. The van der Waals surface area contributed by atoms with Gasteiger partial charge in [-0.1, -0.05) is 6.07 Å². The maximum absolute atomic E-state index is 15.2. The van der Waals surface area contributed by atoms with Gasteiger partial charge in [-0.05, 0) is 68.1 Å². The van der Waals surface area contributed by atoms with Crippen molar-refractivity contribution in [2.75, 3.05) is 53.0 Å². The maximum atomic E-state index is 15.2. The van der Waals surface area contributed by atoms with Gasteiger partial charge in [-0.15, -0.1) is 0 Å². The first kappa shape index (κ1) is 36.5. The summed E-state index contributed by atoms with van der Waals surface area (Å²) in [6.45, 7) is 5.57. The van der Waals surface area contributed by atoms with Crippen molar-refractivity contribution in [2.24, 2.45) is 5.92 Å². The average molecular weight is 727 g/mol. The third-order valence-electron chi connectivity index (χ3n) is 10.8. The van der Waals surface area contributed by atoms with Crippen molar-refractivity contribution in [3.05, 3.63) is 77.4 Å². The van der Waals surface area contributed by atoms with E-state index in [1.165, 1.54) is 13.2 Å². The van der Waals surface area contributed by atoms with E-state index in [0.717, 1.165) is 34.3 Å². The van der Waals surface area contributed by atoms with E-state index in [1.807, 2.05) is 42.2 Å². The fourth-order valence-electron chi connectivity index (χ4n) is 7.82. The zero-order valence-electron chi connectivity index (χ0n) is 30.4. The molecule has 5 heterocycles. The number of halogens is 1. The van der Waals surface area contributed by atoms with E-state index in [1.54, 1.807) is 23.2 Å². The summed E-state index contributed by atoms with van der Waals surface area (Å²) >= 11 is 0. The largest absolute Gasteiger partial charge is 0.496 e. The Bertz CT molecular complexity index is 1940. The second kappa shape index (κ2) is 16.4. The first-order chi connectivity index (χ1) is 25.7. The van der Waals surface area contributed by atoms with Crippen LogP contribution in [0.3, 0.4) is 0 Å². The average Bonchev–Trinajstić information content (AvgIpc) is 3.60. The second-order valence-corrected chi connectivity index (χ2v) is 14.4.